The second-order valence-corrected chi connectivity index (χ2v) is 6.37. The van der Waals surface area contributed by atoms with Crippen LogP contribution in [0.25, 0.3) is 11.3 Å². The minimum atomic E-state index is -0.399. The van der Waals surface area contributed by atoms with Crippen LogP contribution < -0.4 is 4.90 Å². The van der Waals surface area contributed by atoms with Crippen molar-refractivity contribution in [2.24, 2.45) is 0 Å². The van der Waals surface area contributed by atoms with Gasteiger partial charge in [0.15, 0.2) is 5.76 Å². The van der Waals surface area contributed by atoms with E-state index in [-0.39, 0.29) is 17.5 Å². The van der Waals surface area contributed by atoms with Crippen LogP contribution in [0.5, 0.6) is 0 Å². The van der Waals surface area contributed by atoms with Crippen molar-refractivity contribution in [3.63, 3.8) is 0 Å². The molecule has 4 nitrogen and oxygen atoms in total. The Balaban J connectivity index is 1.44. The molecule has 0 radical (unpaired) electrons. The summed E-state index contributed by atoms with van der Waals surface area (Å²) in [5.41, 5.74) is 0.866. The van der Waals surface area contributed by atoms with E-state index in [1.54, 1.807) is 53.4 Å². The van der Waals surface area contributed by atoms with E-state index in [0.717, 1.165) is 0 Å². The third-order valence-electron chi connectivity index (χ3n) is 4.72. The molecule has 3 aromatic rings. The summed E-state index contributed by atoms with van der Waals surface area (Å²) in [5, 5.41) is 0. The summed E-state index contributed by atoms with van der Waals surface area (Å²) in [5.74, 6) is -0.415. The number of hydrogen-bond acceptors (Lipinski definition) is 3. The highest BCUT2D eigenvalue weighted by Crippen LogP contribution is 2.26. The highest BCUT2D eigenvalue weighted by molar-refractivity contribution is 5.92. The lowest BCUT2D eigenvalue weighted by Gasteiger charge is -2.35. The van der Waals surface area contributed by atoms with Gasteiger partial charge in [0.1, 0.15) is 17.4 Å². The molecule has 1 aromatic heterocycles. The molecule has 138 valence electrons. The van der Waals surface area contributed by atoms with Gasteiger partial charge in [-0.2, -0.15) is 0 Å². The van der Waals surface area contributed by atoms with E-state index in [4.69, 9.17) is 4.42 Å². The third-order valence-corrected chi connectivity index (χ3v) is 4.72. The first-order chi connectivity index (χ1) is 13.1. The molecule has 1 fully saturated rings. The van der Waals surface area contributed by atoms with Crippen molar-refractivity contribution in [3.05, 3.63) is 78.1 Å². The number of piperazine rings is 1. The molecule has 1 saturated heterocycles. The number of para-hydroxylation sites is 1. The largest absolute Gasteiger partial charge is 0.451 e. The zero-order valence-electron chi connectivity index (χ0n) is 14.6. The first kappa shape index (κ1) is 17.3. The summed E-state index contributed by atoms with van der Waals surface area (Å²) >= 11 is 0. The van der Waals surface area contributed by atoms with Crippen LogP contribution in [0.3, 0.4) is 0 Å². The molecule has 0 unspecified atom stereocenters. The molecule has 0 N–H and O–H groups in total. The average Bonchev–Trinajstić information content (AvgIpc) is 3.18. The molecule has 2 aromatic carbocycles. The maximum atomic E-state index is 13.9. The Hall–Kier alpha value is -3.15. The molecule has 0 aliphatic carbocycles. The van der Waals surface area contributed by atoms with E-state index in [1.807, 2.05) is 4.90 Å². The van der Waals surface area contributed by atoms with Crippen LogP contribution >= 0.6 is 0 Å². The quantitative estimate of drug-likeness (QED) is 0.696. The normalized spacial score (nSPS) is 14.4. The molecule has 0 bridgehead atoms. The first-order valence-corrected chi connectivity index (χ1v) is 8.77. The lowest BCUT2D eigenvalue weighted by Crippen LogP contribution is -2.49. The minimum absolute atomic E-state index is 0.174. The minimum Gasteiger partial charge on any atom is -0.451 e. The summed E-state index contributed by atoms with van der Waals surface area (Å²) in [7, 11) is 0. The predicted molar refractivity (Wildman–Crippen MR) is 98.6 cm³/mol. The predicted octanol–water partition coefficient (Wildman–Crippen LogP) is 4.19. The molecule has 4 rings (SSSR count). The molecule has 27 heavy (non-hydrogen) atoms. The number of furan rings is 1. The molecule has 1 amide bonds. The number of rotatable bonds is 3. The molecule has 1 aliphatic rings. The fourth-order valence-corrected chi connectivity index (χ4v) is 3.27. The number of anilines is 1. The summed E-state index contributed by atoms with van der Waals surface area (Å²) in [4.78, 5) is 16.3. The van der Waals surface area contributed by atoms with E-state index in [9.17, 15) is 13.6 Å². The maximum Gasteiger partial charge on any atom is 0.289 e. The second-order valence-electron chi connectivity index (χ2n) is 6.37. The first-order valence-electron chi connectivity index (χ1n) is 8.77. The molecule has 6 heteroatoms. The molecule has 0 spiro atoms. The van der Waals surface area contributed by atoms with Crippen molar-refractivity contribution in [1.82, 2.24) is 4.90 Å². The Kier molecular flexibility index (Phi) is 4.62. The van der Waals surface area contributed by atoms with Crippen LogP contribution in [0.15, 0.2) is 65.1 Å². The van der Waals surface area contributed by atoms with Crippen LogP contribution in [0.4, 0.5) is 14.5 Å². The summed E-state index contributed by atoms with van der Waals surface area (Å²) in [6.07, 6.45) is 0. The van der Waals surface area contributed by atoms with Crippen molar-refractivity contribution in [1.29, 1.82) is 0 Å². The lowest BCUT2D eigenvalue weighted by molar-refractivity contribution is 0.0715. The molecule has 0 atom stereocenters. The van der Waals surface area contributed by atoms with Gasteiger partial charge in [-0.3, -0.25) is 4.79 Å². The van der Waals surface area contributed by atoms with Gasteiger partial charge in [-0.15, -0.1) is 0 Å². The van der Waals surface area contributed by atoms with Crippen molar-refractivity contribution in [3.8, 4) is 11.3 Å². The standard InChI is InChI=1S/C21H18F2N2O2/c22-16-6-2-1-5-15(16)19-9-10-20(27-19)21(26)25-13-11-24(12-14-25)18-8-4-3-7-17(18)23/h1-10H,11-14H2. The van der Waals surface area contributed by atoms with Gasteiger partial charge < -0.3 is 14.2 Å². The Bertz CT molecular complexity index is 962. The van der Waals surface area contributed by atoms with Gasteiger partial charge >= 0.3 is 0 Å². The molecule has 0 saturated carbocycles. The number of benzene rings is 2. The zero-order valence-corrected chi connectivity index (χ0v) is 14.6. The summed E-state index contributed by atoms with van der Waals surface area (Å²) < 4.78 is 33.4. The number of amides is 1. The number of halogens is 2. The van der Waals surface area contributed by atoms with Gasteiger partial charge in [0, 0.05) is 26.2 Å². The lowest BCUT2D eigenvalue weighted by atomic mass is 10.1. The van der Waals surface area contributed by atoms with Crippen LogP contribution in [-0.4, -0.2) is 37.0 Å². The van der Waals surface area contributed by atoms with E-state index in [0.29, 0.717) is 43.2 Å². The Morgan fingerprint density at radius 2 is 1.48 bits per heavy atom. The Morgan fingerprint density at radius 3 is 2.19 bits per heavy atom. The number of carbonyl (C=O) groups excluding carboxylic acids is 1. The van der Waals surface area contributed by atoms with E-state index < -0.39 is 5.82 Å². The smallest absolute Gasteiger partial charge is 0.289 e. The molecule has 1 aliphatic heterocycles. The fraction of sp³-hybridized carbons (Fsp3) is 0.190. The number of hydrogen-bond donors (Lipinski definition) is 0. The van der Waals surface area contributed by atoms with Crippen LogP contribution in [-0.2, 0) is 0 Å². The van der Waals surface area contributed by atoms with Gasteiger partial charge in [-0.05, 0) is 36.4 Å². The van der Waals surface area contributed by atoms with Crippen LogP contribution in [0, 0.1) is 11.6 Å². The molecular weight excluding hydrogens is 350 g/mol. The number of carbonyl (C=O) groups is 1. The van der Waals surface area contributed by atoms with E-state index in [2.05, 4.69) is 0 Å². The van der Waals surface area contributed by atoms with Crippen LogP contribution in [0.1, 0.15) is 10.6 Å². The van der Waals surface area contributed by atoms with E-state index in [1.165, 1.54) is 12.1 Å². The van der Waals surface area contributed by atoms with Gasteiger partial charge in [-0.1, -0.05) is 24.3 Å². The summed E-state index contributed by atoms with van der Waals surface area (Å²) in [6.45, 7) is 1.99. The van der Waals surface area contributed by atoms with Crippen molar-refractivity contribution >= 4 is 11.6 Å². The van der Waals surface area contributed by atoms with Gasteiger partial charge in [0.2, 0.25) is 0 Å². The van der Waals surface area contributed by atoms with Gasteiger partial charge in [0.05, 0.1) is 11.3 Å². The van der Waals surface area contributed by atoms with Crippen molar-refractivity contribution in [2.45, 2.75) is 0 Å². The second kappa shape index (κ2) is 7.23. The topological polar surface area (TPSA) is 36.7 Å². The van der Waals surface area contributed by atoms with Gasteiger partial charge in [-0.25, -0.2) is 8.78 Å². The Morgan fingerprint density at radius 1 is 0.815 bits per heavy atom. The number of nitrogens with zero attached hydrogens (tertiary/aromatic N) is 2. The SMILES string of the molecule is O=C(c1ccc(-c2ccccc2F)o1)N1CCN(c2ccccc2F)CC1. The highest BCUT2D eigenvalue weighted by atomic mass is 19.1. The zero-order chi connectivity index (χ0) is 18.8. The summed E-state index contributed by atoms with van der Waals surface area (Å²) in [6, 6.07) is 16.0. The molecular formula is C21H18F2N2O2. The monoisotopic (exact) mass is 368 g/mol. The highest BCUT2D eigenvalue weighted by Gasteiger charge is 2.25. The van der Waals surface area contributed by atoms with E-state index >= 15 is 0 Å². The average molecular weight is 368 g/mol. The Labute approximate surface area is 155 Å². The van der Waals surface area contributed by atoms with Crippen molar-refractivity contribution < 1.29 is 18.0 Å². The fourth-order valence-electron chi connectivity index (χ4n) is 3.27. The van der Waals surface area contributed by atoms with Crippen LogP contribution in [0.2, 0.25) is 0 Å². The maximum absolute atomic E-state index is 13.9. The van der Waals surface area contributed by atoms with Crippen molar-refractivity contribution in [2.75, 3.05) is 31.1 Å². The van der Waals surface area contributed by atoms with Gasteiger partial charge in [0.25, 0.3) is 5.91 Å². The third kappa shape index (κ3) is 3.43. The molecule has 2 heterocycles.